The number of carbonyl (C=O) groups is 1. The number of aryl methyl sites for hydroxylation is 1. The number of Topliss-reactive ketones (excluding diaryl/α,β-unsaturated/α-hetero) is 1. The third-order valence-electron chi connectivity index (χ3n) is 2.26. The molecule has 0 aliphatic carbocycles. The van der Waals surface area contributed by atoms with E-state index in [1.165, 1.54) is 0 Å². The molecule has 0 saturated heterocycles. The van der Waals surface area contributed by atoms with Crippen LogP contribution in [0.4, 0.5) is 0 Å². The van der Waals surface area contributed by atoms with Gasteiger partial charge in [-0.1, -0.05) is 6.07 Å². The zero-order valence-electron chi connectivity index (χ0n) is 9.32. The van der Waals surface area contributed by atoms with Crippen LogP contribution in [0.15, 0.2) is 24.4 Å². The van der Waals surface area contributed by atoms with Gasteiger partial charge in [-0.15, -0.1) is 0 Å². The second-order valence-electron chi connectivity index (χ2n) is 3.75. The molecule has 0 aromatic carbocycles. The topological polar surface area (TPSA) is 58.6 Å². The van der Waals surface area contributed by atoms with Crippen LogP contribution in [0.1, 0.15) is 18.4 Å². The second kappa shape index (κ2) is 4.26. The summed E-state index contributed by atoms with van der Waals surface area (Å²) in [4.78, 5) is 22.7. The molecule has 4 nitrogen and oxygen atoms in total. The van der Waals surface area contributed by atoms with Crippen LogP contribution in [0, 0.1) is 6.92 Å². The molecule has 2 rings (SSSR count). The minimum Gasteiger partial charge on any atom is -0.345 e. The number of pyridine rings is 1. The number of imidazole rings is 1. The summed E-state index contributed by atoms with van der Waals surface area (Å²) in [5.74, 6) is 0.798. The second-order valence-corrected chi connectivity index (χ2v) is 3.75. The highest BCUT2D eigenvalue weighted by molar-refractivity contribution is 5.77. The summed E-state index contributed by atoms with van der Waals surface area (Å²) in [5.41, 5.74) is 2.58. The summed E-state index contributed by atoms with van der Waals surface area (Å²) < 4.78 is 0. The van der Waals surface area contributed by atoms with Crippen LogP contribution in [-0.2, 0) is 11.2 Å². The van der Waals surface area contributed by atoms with E-state index in [1.807, 2.05) is 25.1 Å². The van der Waals surface area contributed by atoms with Crippen molar-refractivity contribution in [3.8, 4) is 11.4 Å². The van der Waals surface area contributed by atoms with Crippen LogP contribution in [0.25, 0.3) is 11.4 Å². The lowest BCUT2D eigenvalue weighted by molar-refractivity contribution is -0.116. The van der Waals surface area contributed by atoms with Crippen LogP contribution < -0.4 is 0 Å². The molecule has 0 saturated carbocycles. The summed E-state index contributed by atoms with van der Waals surface area (Å²) in [5, 5.41) is 0. The maximum atomic E-state index is 11.0. The number of carbonyl (C=O) groups excluding carboxylic acids is 1. The molecular formula is C12H13N3O. The number of nitrogens with zero attached hydrogens (tertiary/aromatic N) is 2. The Morgan fingerprint density at radius 3 is 2.88 bits per heavy atom. The highest BCUT2D eigenvalue weighted by Crippen LogP contribution is 2.18. The molecule has 0 aliphatic rings. The van der Waals surface area contributed by atoms with Gasteiger partial charge in [-0.25, -0.2) is 4.98 Å². The van der Waals surface area contributed by atoms with Gasteiger partial charge in [-0.3, -0.25) is 9.78 Å². The number of hydrogen-bond donors (Lipinski definition) is 1. The zero-order chi connectivity index (χ0) is 11.5. The van der Waals surface area contributed by atoms with E-state index in [1.54, 1.807) is 13.1 Å². The molecule has 4 heteroatoms. The SMILES string of the molecule is CC(=O)Cc1nc(-c2ccccn2)c(C)[nH]1. The molecular weight excluding hydrogens is 202 g/mol. The minimum absolute atomic E-state index is 0.0984. The fraction of sp³-hybridized carbons (Fsp3) is 0.250. The smallest absolute Gasteiger partial charge is 0.137 e. The third kappa shape index (κ3) is 2.16. The molecule has 82 valence electrons. The lowest BCUT2D eigenvalue weighted by Gasteiger charge is -1.95. The first-order valence-electron chi connectivity index (χ1n) is 5.13. The van der Waals surface area contributed by atoms with Crippen molar-refractivity contribution < 1.29 is 4.79 Å². The van der Waals surface area contributed by atoms with E-state index in [4.69, 9.17) is 0 Å². The Morgan fingerprint density at radius 1 is 1.44 bits per heavy atom. The largest absolute Gasteiger partial charge is 0.345 e. The highest BCUT2D eigenvalue weighted by atomic mass is 16.1. The molecule has 2 aromatic rings. The van der Waals surface area contributed by atoms with Gasteiger partial charge in [0.1, 0.15) is 17.3 Å². The number of aromatic nitrogens is 3. The molecule has 0 bridgehead atoms. The van der Waals surface area contributed by atoms with Gasteiger partial charge >= 0.3 is 0 Å². The lowest BCUT2D eigenvalue weighted by atomic mass is 10.2. The average molecular weight is 215 g/mol. The van der Waals surface area contributed by atoms with Gasteiger partial charge in [-0.05, 0) is 26.0 Å². The number of ketones is 1. The Bertz CT molecular complexity index is 502. The number of rotatable bonds is 3. The van der Waals surface area contributed by atoms with Crippen molar-refractivity contribution in [1.82, 2.24) is 15.0 Å². The monoisotopic (exact) mass is 215 g/mol. The summed E-state index contributed by atoms with van der Waals surface area (Å²) in [6.07, 6.45) is 2.07. The van der Waals surface area contributed by atoms with Gasteiger partial charge in [0.05, 0.1) is 12.1 Å². The first kappa shape index (κ1) is 10.5. The Hall–Kier alpha value is -1.97. The van der Waals surface area contributed by atoms with Crippen LogP contribution in [0.3, 0.4) is 0 Å². The van der Waals surface area contributed by atoms with Crippen molar-refractivity contribution in [2.75, 3.05) is 0 Å². The molecule has 2 aromatic heterocycles. The average Bonchev–Trinajstić information content (AvgIpc) is 2.60. The lowest BCUT2D eigenvalue weighted by Crippen LogP contribution is -1.98. The predicted octanol–water partition coefficient (Wildman–Crippen LogP) is 1.91. The highest BCUT2D eigenvalue weighted by Gasteiger charge is 2.10. The van der Waals surface area contributed by atoms with Gasteiger partial charge in [0, 0.05) is 11.9 Å². The van der Waals surface area contributed by atoms with Crippen molar-refractivity contribution >= 4 is 5.78 Å². The van der Waals surface area contributed by atoms with E-state index >= 15 is 0 Å². The van der Waals surface area contributed by atoms with Crippen molar-refractivity contribution in [2.24, 2.45) is 0 Å². The molecule has 0 fully saturated rings. The summed E-state index contributed by atoms with van der Waals surface area (Å²) in [6, 6.07) is 5.68. The van der Waals surface area contributed by atoms with E-state index < -0.39 is 0 Å². The third-order valence-corrected chi connectivity index (χ3v) is 2.26. The Balaban J connectivity index is 2.36. The van der Waals surface area contributed by atoms with E-state index in [0.29, 0.717) is 12.2 Å². The van der Waals surface area contributed by atoms with Crippen LogP contribution in [0.5, 0.6) is 0 Å². The summed E-state index contributed by atoms with van der Waals surface area (Å²) in [7, 11) is 0. The number of hydrogen-bond acceptors (Lipinski definition) is 3. The molecule has 16 heavy (non-hydrogen) atoms. The first-order chi connectivity index (χ1) is 7.66. The fourth-order valence-corrected chi connectivity index (χ4v) is 1.59. The van der Waals surface area contributed by atoms with Crippen LogP contribution in [0.2, 0.25) is 0 Å². The van der Waals surface area contributed by atoms with Gasteiger partial charge in [0.25, 0.3) is 0 Å². The Morgan fingerprint density at radius 2 is 2.25 bits per heavy atom. The fourth-order valence-electron chi connectivity index (χ4n) is 1.59. The molecule has 0 atom stereocenters. The molecule has 1 N–H and O–H groups in total. The van der Waals surface area contributed by atoms with Crippen molar-refractivity contribution in [2.45, 2.75) is 20.3 Å². The normalized spacial score (nSPS) is 10.4. The van der Waals surface area contributed by atoms with Gasteiger partial charge < -0.3 is 4.98 Å². The number of aromatic amines is 1. The minimum atomic E-state index is 0.0984. The zero-order valence-corrected chi connectivity index (χ0v) is 9.32. The van der Waals surface area contributed by atoms with Crippen molar-refractivity contribution in [3.63, 3.8) is 0 Å². The molecule has 0 aliphatic heterocycles. The maximum absolute atomic E-state index is 11.0. The van der Waals surface area contributed by atoms with Crippen molar-refractivity contribution in [3.05, 3.63) is 35.9 Å². The predicted molar refractivity (Wildman–Crippen MR) is 60.9 cm³/mol. The summed E-state index contributed by atoms with van der Waals surface area (Å²) in [6.45, 7) is 3.49. The summed E-state index contributed by atoms with van der Waals surface area (Å²) >= 11 is 0. The molecule has 2 heterocycles. The Kier molecular flexibility index (Phi) is 2.81. The van der Waals surface area contributed by atoms with E-state index in [9.17, 15) is 4.79 Å². The molecule has 0 unspecified atom stereocenters. The van der Waals surface area contributed by atoms with E-state index in [0.717, 1.165) is 17.1 Å². The van der Waals surface area contributed by atoms with Crippen LogP contribution in [-0.4, -0.2) is 20.7 Å². The maximum Gasteiger partial charge on any atom is 0.137 e. The quantitative estimate of drug-likeness (QED) is 0.850. The molecule has 0 amide bonds. The number of nitrogens with one attached hydrogen (secondary N) is 1. The first-order valence-corrected chi connectivity index (χ1v) is 5.13. The Labute approximate surface area is 93.8 Å². The molecule has 0 radical (unpaired) electrons. The van der Waals surface area contributed by atoms with Crippen LogP contribution >= 0.6 is 0 Å². The van der Waals surface area contributed by atoms with Gasteiger partial charge in [-0.2, -0.15) is 0 Å². The number of H-pyrrole nitrogens is 1. The van der Waals surface area contributed by atoms with E-state index in [2.05, 4.69) is 15.0 Å². The van der Waals surface area contributed by atoms with Gasteiger partial charge in [0.2, 0.25) is 0 Å². The van der Waals surface area contributed by atoms with Gasteiger partial charge in [0.15, 0.2) is 0 Å². The molecule has 0 spiro atoms. The van der Waals surface area contributed by atoms with Crippen molar-refractivity contribution in [1.29, 1.82) is 0 Å². The standard InChI is InChI=1S/C12H13N3O/c1-8(16)7-11-14-9(2)12(15-11)10-5-3-4-6-13-10/h3-6H,7H2,1-2H3,(H,14,15). The van der Waals surface area contributed by atoms with E-state index in [-0.39, 0.29) is 5.78 Å².